The average molecular weight is 378 g/mol. The van der Waals surface area contributed by atoms with Gasteiger partial charge in [0.25, 0.3) is 5.91 Å². The number of benzene rings is 1. The first-order valence-corrected chi connectivity index (χ1v) is 9.29. The lowest BCUT2D eigenvalue weighted by molar-refractivity contribution is -0.125. The summed E-state index contributed by atoms with van der Waals surface area (Å²) in [4.78, 5) is 29.6. The number of aliphatic hydroxyl groups excluding tert-OH is 1. The van der Waals surface area contributed by atoms with Crippen LogP contribution >= 0.6 is 11.6 Å². The second-order valence-corrected chi connectivity index (χ2v) is 7.56. The highest BCUT2D eigenvalue weighted by atomic mass is 35.5. The van der Waals surface area contributed by atoms with Crippen molar-refractivity contribution in [3.05, 3.63) is 35.0 Å². The molecule has 0 saturated carbocycles. The maximum Gasteiger partial charge on any atom is 0.270 e. The van der Waals surface area contributed by atoms with Gasteiger partial charge in [0.2, 0.25) is 5.91 Å². The summed E-state index contributed by atoms with van der Waals surface area (Å²) in [5.74, 6) is -0.331. The SMILES string of the molecule is CC(C)C(=O)N[C@H]1CCN(C(=O)c2cc3cc(Cl)ccc3[nH]2)CC[C@@H]1O. The fourth-order valence-corrected chi connectivity index (χ4v) is 3.38. The van der Waals surface area contributed by atoms with E-state index in [0.29, 0.717) is 36.6 Å². The topological polar surface area (TPSA) is 85.4 Å². The second-order valence-electron chi connectivity index (χ2n) is 7.12. The molecule has 0 aliphatic carbocycles. The molecule has 0 spiro atoms. The number of H-pyrrole nitrogens is 1. The zero-order chi connectivity index (χ0) is 18.8. The van der Waals surface area contributed by atoms with Crippen molar-refractivity contribution in [1.29, 1.82) is 0 Å². The van der Waals surface area contributed by atoms with Crippen molar-refractivity contribution >= 4 is 34.3 Å². The molecule has 1 fully saturated rings. The van der Waals surface area contributed by atoms with E-state index in [0.717, 1.165) is 10.9 Å². The molecule has 1 saturated heterocycles. The van der Waals surface area contributed by atoms with Crippen LogP contribution in [0.25, 0.3) is 10.9 Å². The summed E-state index contributed by atoms with van der Waals surface area (Å²) in [6.07, 6.45) is 0.301. The summed E-state index contributed by atoms with van der Waals surface area (Å²) in [5.41, 5.74) is 1.36. The highest BCUT2D eigenvalue weighted by Crippen LogP contribution is 2.22. The smallest absolute Gasteiger partial charge is 0.270 e. The summed E-state index contributed by atoms with van der Waals surface area (Å²) in [6, 6.07) is 6.90. The minimum Gasteiger partial charge on any atom is -0.391 e. The van der Waals surface area contributed by atoms with Gasteiger partial charge in [0, 0.05) is 34.9 Å². The van der Waals surface area contributed by atoms with E-state index < -0.39 is 6.10 Å². The molecule has 2 aromatic rings. The number of carbonyl (C=O) groups excluding carboxylic acids is 2. The number of nitrogens with one attached hydrogen (secondary N) is 2. The highest BCUT2D eigenvalue weighted by Gasteiger charge is 2.29. The Morgan fingerprint density at radius 1 is 1.27 bits per heavy atom. The Kier molecular flexibility index (Phi) is 5.53. The van der Waals surface area contributed by atoms with Gasteiger partial charge >= 0.3 is 0 Å². The number of aromatic amines is 1. The van der Waals surface area contributed by atoms with Crippen molar-refractivity contribution < 1.29 is 14.7 Å². The van der Waals surface area contributed by atoms with Gasteiger partial charge in [-0.25, -0.2) is 0 Å². The standard InChI is InChI=1S/C19H24ClN3O3/c1-11(2)18(25)22-15-5-7-23(8-6-17(15)24)19(26)16-10-12-9-13(20)3-4-14(12)21-16/h3-4,9-11,15,17,21,24H,5-8H2,1-2H3,(H,22,25)/t15-,17-/m0/s1. The van der Waals surface area contributed by atoms with Crippen LogP contribution in [0.3, 0.4) is 0 Å². The minimum absolute atomic E-state index is 0.0821. The molecule has 140 valence electrons. The Morgan fingerprint density at radius 2 is 2.00 bits per heavy atom. The molecular weight excluding hydrogens is 354 g/mol. The van der Waals surface area contributed by atoms with Gasteiger partial charge < -0.3 is 20.3 Å². The zero-order valence-electron chi connectivity index (χ0n) is 15.0. The van der Waals surface area contributed by atoms with E-state index in [1.807, 2.05) is 26.0 Å². The van der Waals surface area contributed by atoms with Gasteiger partial charge in [-0.3, -0.25) is 9.59 Å². The lowest BCUT2D eigenvalue weighted by Gasteiger charge is -2.22. The van der Waals surface area contributed by atoms with Crippen molar-refractivity contribution in [3.63, 3.8) is 0 Å². The fraction of sp³-hybridized carbons (Fsp3) is 0.474. The predicted octanol–water partition coefficient (Wildman–Crippen LogP) is 2.56. The summed E-state index contributed by atoms with van der Waals surface area (Å²) < 4.78 is 0. The third-order valence-corrected chi connectivity index (χ3v) is 5.06. The Hall–Kier alpha value is -2.05. The molecule has 1 aromatic heterocycles. The van der Waals surface area contributed by atoms with E-state index in [1.165, 1.54) is 0 Å². The van der Waals surface area contributed by atoms with Crippen LogP contribution in [0, 0.1) is 5.92 Å². The normalized spacial score (nSPS) is 21.0. The van der Waals surface area contributed by atoms with E-state index in [1.54, 1.807) is 17.0 Å². The number of likely N-dealkylation sites (tertiary alicyclic amines) is 1. The van der Waals surface area contributed by atoms with Crippen molar-refractivity contribution in [2.45, 2.75) is 38.8 Å². The lowest BCUT2D eigenvalue weighted by atomic mass is 10.1. The third kappa shape index (κ3) is 4.02. The van der Waals surface area contributed by atoms with E-state index in [-0.39, 0.29) is 23.8 Å². The average Bonchev–Trinajstić information content (AvgIpc) is 2.93. The molecule has 2 amide bonds. The maximum atomic E-state index is 12.8. The first-order valence-electron chi connectivity index (χ1n) is 8.91. The molecule has 3 N–H and O–H groups in total. The van der Waals surface area contributed by atoms with Gasteiger partial charge in [-0.05, 0) is 37.1 Å². The van der Waals surface area contributed by atoms with Crippen LogP contribution in [0.1, 0.15) is 37.2 Å². The zero-order valence-corrected chi connectivity index (χ0v) is 15.7. The Labute approximate surface area is 157 Å². The van der Waals surface area contributed by atoms with Crippen molar-refractivity contribution in [2.75, 3.05) is 13.1 Å². The number of fused-ring (bicyclic) bond motifs is 1. The quantitative estimate of drug-likeness (QED) is 0.768. The van der Waals surface area contributed by atoms with Crippen LogP contribution < -0.4 is 5.32 Å². The summed E-state index contributed by atoms with van der Waals surface area (Å²) in [6.45, 7) is 4.56. The minimum atomic E-state index is -0.656. The van der Waals surface area contributed by atoms with Gasteiger partial charge in [-0.15, -0.1) is 0 Å². The Morgan fingerprint density at radius 3 is 2.73 bits per heavy atom. The van der Waals surface area contributed by atoms with Gasteiger partial charge in [-0.2, -0.15) is 0 Å². The van der Waals surface area contributed by atoms with Gasteiger partial charge in [0.15, 0.2) is 0 Å². The van der Waals surface area contributed by atoms with E-state index in [4.69, 9.17) is 11.6 Å². The summed E-state index contributed by atoms with van der Waals surface area (Å²) >= 11 is 6.00. The Bertz CT molecular complexity index is 817. The number of amides is 2. The van der Waals surface area contributed by atoms with E-state index in [9.17, 15) is 14.7 Å². The first kappa shape index (κ1) is 18.7. The summed E-state index contributed by atoms with van der Waals surface area (Å²) in [7, 11) is 0. The highest BCUT2D eigenvalue weighted by molar-refractivity contribution is 6.31. The molecule has 6 nitrogen and oxygen atoms in total. The molecule has 1 aliphatic rings. The number of nitrogens with zero attached hydrogens (tertiary/aromatic N) is 1. The molecule has 2 atom stereocenters. The van der Waals surface area contributed by atoms with Gasteiger partial charge in [0.05, 0.1) is 12.1 Å². The van der Waals surface area contributed by atoms with E-state index in [2.05, 4.69) is 10.3 Å². The second kappa shape index (κ2) is 7.68. The molecule has 2 heterocycles. The molecule has 26 heavy (non-hydrogen) atoms. The first-order chi connectivity index (χ1) is 12.3. The van der Waals surface area contributed by atoms with E-state index >= 15 is 0 Å². The van der Waals surface area contributed by atoms with Gasteiger partial charge in [0.1, 0.15) is 5.69 Å². The van der Waals surface area contributed by atoms with Crippen molar-refractivity contribution in [2.24, 2.45) is 5.92 Å². The van der Waals surface area contributed by atoms with Crippen LogP contribution in [0.2, 0.25) is 5.02 Å². The van der Waals surface area contributed by atoms with Crippen LogP contribution in [0.4, 0.5) is 0 Å². The van der Waals surface area contributed by atoms with Crippen LogP contribution in [0.5, 0.6) is 0 Å². The number of halogens is 1. The van der Waals surface area contributed by atoms with Gasteiger partial charge in [-0.1, -0.05) is 25.4 Å². The van der Waals surface area contributed by atoms with Crippen molar-refractivity contribution in [3.8, 4) is 0 Å². The largest absolute Gasteiger partial charge is 0.391 e. The van der Waals surface area contributed by atoms with Crippen LogP contribution in [-0.4, -0.2) is 52.0 Å². The predicted molar refractivity (Wildman–Crippen MR) is 101 cm³/mol. The molecule has 1 aromatic carbocycles. The molecular formula is C19H24ClN3O3. The number of rotatable bonds is 3. The molecule has 0 radical (unpaired) electrons. The number of aliphatic hydroxyl groups is 1. The number of hydrogen-bond acceptors (Lipinski definition) is 3. The summed E-state index contributed by atoms with van der Waals surface area (Å²) in [5, 5.41) is 14.7. The molecule has 0 bridgehead atoms. The van der Waals surface area contributed by atoms with Crippen LogP contribution in [0.15, 0.2) is 24.3 Å². The number of carbonyl (C=O) groups is 2. The number of aromatic nitrogens is 1. The lowest BCUT2D eigenvalue weighted by Crippen LogP contribution is -2.44. The molecule has 1 aliphatic heterocycles. The maximum absolute atomic E-state index is 12.8. The van der Waals surface area contributed by atoms with Crippen molar-refractivity contribution in [1.82, 2.24) is 15.2 Å². The molecule has 7 heteroatoms. The number of hydrogen-bond donors (Lipinski definition) is 3. The molecule has 0 unspecified atom stereocenters. The molecule has 3 rings (SSSR count). The fourth-order valence-electron chi connectivity index (χ4n) is 3.20. The van der Waals surface area contributed by atoms with Crippen LogP contribution in [-0.2, 0) is 4.79 Å². The third-order valence-electron chi connectivity index (χ3n) is 4.82. The monoisotopic (exact) mass is 377 g/mol. The Balaban J connectivity index is 1.71.